The monoisotopic (exact) mass is 340 g/mol. The minimum Gasteiger partial charge on any atom is -0.389 e. The van der Waals surface area contributed by atoms with Crippen LogP contribution in [0.15, 0.2) is 47.4 Å². The lowest BCUT2D eigenvalue weighted by Gasteiger charge is -2.12. The molecule has 7 heteroatoms. The normalized spacial score (nSPS) is 11.1. The second kappa shape index (κ2) is 6.01. The lowest BCUT2D eigenvalue weighted by atomic mass is 10.1. The van der Waals surface area contributed by atoms with E-state index in [4.69, 9.17) is 29.6 Å². The summed E-state index contributed by atoms with van der Waals surface area (Å²) in [7, 11) is -3.73. The number of para-hydroxylation sites is 1. The van der Waals surface area contributed by atoms with Gasteiger partial charge in [-0.15, -0.1) is 0 Å². The van der Waals surface area contributed by atoms with Crippen molar-refractivity contribution < 1.29 is 8.42 Å². The van der Waals surface area contributed by atoms with Crippen LogP contribution in [0.4, 0.5) is 5.69 Å². The predicted octanol–water partition coefficient (Wildman–Crippen LogP) is 3.08. The summed E-state index contributed by atoms with van der Waals surface area (Å²) in [6, 6.07) is 11.3. The van der Waals surface area contributed by atoms with Gasteiger partial charge >= 0.3 is 0 Å². The Labute approximate surface area is 134 Å². The van der Waals surface area contributed by atoms with E-state index >= 15 is 0 Å². The molecule has 2 aromatic carbocycles. The molecule has 0 spiro atoms. The molecule has 3 N–H and O–H groups in total. The van der Waals surface area contributed by atoms with Crippen molar-refractivity contribution in [3.05, 3.63) is 58.6 Å². The van der Waals surface area contributed by atoms with Crippen LogP contribution in [0.5, 0.6) is 0 Å². The van der Waals surface area contributed by atoms with Crippen molar-refractivity contribution >= 4 is 44.5 Å². The van der Waals surface area contributed by atoms with Crippen molar-refractivity contribution in [2.24, 2.45) is 5.73 Å². The minimum absolute atomic E-state index is 0.155. The summed E-state index contributed by atoms with van der Waals surface area (Å²) in [5.74, 6) is 0. The summed E-state index contributed by atoms with van der Waals surface area (Å²) in [4.78, 5) is 0.378. The lowest BCUT2D eigenvalue weighted by molar-refractivity contribution is 0.600. The SMILES string of the molecule is Cc1cc(C(N)=S)ccc1S(=O)(=O)Nc1ccccc1Cl. The van der Waals surface area contributed by atoms with E-state index in [0.29, 0.717) is 21.8 Å². The van der Waals surface area contributed by atoms with Gasteiger partial charge in [-0.2, -0.15) is 0 Å². The number of halogens is 1. The van der Waals surface area contributed by atoms with Gasteiger partial charge in [0.2, 0.25) is 0 Å². The molecule has 0 saturated carbocycles. The summed E-state index contributed by atoms with van der Waals surface area (Å²) in [6.07, 6.45) is 0. The molecule has 0 unspecified atom stereocenters. The summed E-state index contributed by atoms with van der Waals surface area (Å²) in [5.41, 5.74) is 7.04. The van der Waals surface area contributed by atoms with Gasteiger partial charge in [0.05, 0.1) is 15.6 Å². The van der Waals surface area contributed by atoms with Crippen molar-refractivity contribution in [3.8, 4) is 0 Å². The third-order valence-electron chi connectivity index (χ3n) is 2.87. The molecule has 21 heavy (non-hydrogen) atoms. The lowest BCUT2D eigenvalue weighted by Crippen LogP contribution is -2.16. The van der Waals surface area contributed by atoms with Gasteiger partial charge in [0.25, 0.3) is 10.0 Å². The number of thiocarbonyl (C=S) groups is 1. The number of sulfonamides is 1. The van der Waals surface area contributed by atoms with E-state index in [1.54, 1.807) is 43.3 Å². The van der Waals surface area contributed by atoms with E-state index in [1.807, 2.05) is 0 Å². The Bertz CT molecular complexity index is 804. The van der Waals surface area contributed by atoms with E-state index in [1.165, 1.54) is 6.07 Å². The number of hydrogen-bond acceptors (Lipinski definition) is 3. The van der Waals surface area contributed by atoms with Gasteiger partial charge in [-0.1, -0.05) is 42.0 Å². The third-order valence-corrected chi connectivity index (χ3v) is 4.96. The summed E-state index contributed by atoms with van der Waals surface area (Å²) in [5, 5.41) is 0.332. The quantitative estimate of drug-likeness (QED) is 0.839. The van der Waals surface area contributed by atoms with Crippen LogP contribution >= 0.6 is 23.8 Å². The maximum Gasteiger partial charge on any atom is 0.262 e. The molecule has 0 radical (unpaired) electrons. The average Bonchev–Trinajstić information content (AvgIpc) is 2.40. The zero-order valence-corrected chi connectivity index (χ0v) is 13.5. The molecule has 0 amide bonds. The molecule has 0 atom stereocenters. The molecule has 0 heterocycles. The van der Waals surface area contributed by atoms with E-state index in [-0.39, 0.29) is 9.88 Å². The van der Waals surface area contributed by atoms with Gasteiger partial charge in [0, 0.05) is 5.56 Å². The van der Waals surface area contributed by atoms with Gasteiger partial charge < -0.3 is 5.73 Å². The van der Waals surface area contributed by atoms with E-state index in [0.717, 1.165) is 0 Å². The van der Waals surface area contributed by atoms with Crippen molar-refractivity contribution in [1.82, 2.24) is 0 Å². The molecule has 0 aliphatic heterocycles. The van der Waals surface area contributed by atoms with Crippen LogP contribution in [0.3, 0.4) is 0 Å². The smallest absolute Gasteiger partial charge is 0.262 e. The fourth-order valence-electron chi connectivity index (χ4n) is 1.85. The standard InChI is InChI=1S/C14H13ClN2O2S2/c1-9-8-10(14(16)20)6-7-13(9)21(18,19)17-12-5-3-2-4-11(12)15/h2-8,17H,1H3,(H2,16,20). The first-order valence-electron chi connectivity index (χ1n) is 5.99. The van der Waals surface area contributed by atoms with Crippen LogP contribution in [0, 0.1) is 6.92 Å². The molecular weight excluding hydrogens is 328 g/mol. The number of nitrogens with one attached hydrogen (secondary N) is 1. The van der Waals surface area contributed by atoms with E-state index < -0.39 is 10.0 Å². The second-order valence-corrected chi connectivity index (χ2v) is 6.93. The molecule has 0 bridgehead atoms. The Kier molecular flexibility index (Phi) is 4.51. The van der Waals surface area contributed by atoms with Crippen LogP contribution in [-0.2, 0) is 10.0 Å². The third kappa shape index (κ3) is 3.53. The Morgan fingerprint density at radius 2 is 1.90 bits per heavy atom. The Morgan fingerprint density at radius 3 is 2.48 bits per heavy atom. The molecule has 0 saturated heterocycles. The first kappa shape index (κ1) is 15.8. The molecule has 2 aromatic rings. The average molecular weight is 341 g/mol. The Balaban J connectivity index is 2.41. The Morgan fingerprint density at radius 1 is 1.24 bits per heavy atom. The van der Waals surface area contributed by atoms with Gasteiger partial charge in [-0.25, -0.2) is 8.42 Å². The molecule has 110 valence electrons. The summed E-state index contributed by atoms with van der Waals surface area (Å²) >= 11 is 10.8. The number of anilines is 1. The van der Waals surface area contributed by atoms with Gasteiger partial charge in [0.1, 0.15) is 4.99 Å². The van der Waals surface area contributed by atoms with Crippen LogP contribution in [0.1, 0.15) is 11.1 Å². The molecule has 0 aliphatic carbocycles. The number of benzene rings is 2. The minimum atomic E-state index is -3.73. The molecule has 2 rings (SSSR count). The fraction of sp³-hybridized carbons (Fsp3) is 0.0714. The highest BCUT2D eigenvalue weighted by Gasteiger charge is 2.18. The Hall–Kier alpha value is -1.63. The summed E-state index contributed by atoms with van der Waals surface area (Å²) < 4.78 is 27.3. The van der Waals surface area contributed by atoms with Crippen molar-refractivity contribution in [2.75, 3.05) is 4.72 Å². The van der Waals surface area contributed by atoms with Crippen LogP contribution in [0.25, 0.3) is 0 Å². The first-order valence-corrected chi connectivity index (χ1v) is 8.26. The molecule has 0 aromatic heterocycles. The highest BCUT2D eigenvalue weighted by molar-refractivity contribution is 7.92. The van der Waals surface area contributed by atoms with E-state index in [2.05, 4.69) is 4.72 Å². The van der Waals surface area contributed by atoms with Crippen molar-refractivity contribution in [2.45, 2.75) is 11.8 Å². The maximum absolute atomic E-state index is 12.4. The molecule has 0 aliphatic rings. The second-order valence-electron chi connectivity index (χ2n) is 4.43. The van der Waals surface area contributed by atoms with Gasteiger partial charge in [-0.3, -0.25) is 4.72 Å². The molecule has 0 fully saturated rings. The summed E-state index contributed by atoms with van der Waals surface area (Å²) in [6.45, 7) is 1.68. The highest BCUT2D eigenvalue weighted by Crippen LogP contribution is 2.25. The van der Waals surface area contributed by atoms with Crippen LogP contribution < -0.4 is 10.5 Å². The van der Waals surface area contributed by atoms with Gasteiger partial charge in [-0.05, 0) is 36.8 Å². The van der Waals surface area contributed by atoms with Crippen LogP contribution in [0.2, 0.25) is 5.02 Å². The molecule has 4 nitrogen and oxygen atoms in total. The van der Waals surface area contributed by atoms with Crippen LogP contribution in [-0.4, -0.2) is 13.4 Å². The highest BCUT2D eigenvalue weighted by atomic mass is 35.5. The fourth-order valence-corrected chi connectivity index (χ4v) is 3.52. The molecular formula is C14H13ClN2O2S2. The zero-order valence-electron chi connectivity index (χ0n) is 11.1. The number of nitrogens with two attached hydrogens (primary N) is 1. The first-order chi connectivity index (χ1) is 9.81. The number of aryl methyl sites for hydroxylation is 1. The van der Waals surface area contributed by atoms with Crippen molar-refractivity contribution in [3.63, 3.8) is 0 Å². The number of hydrogen-bond donors (Lipinski definition) is 2. The van der Waals surface area contributed by atoms with Crippen molar-refractivity contribution in [1.29, 1.82) is 0 Å². The number of rotatable bonds is 4. The zero-order chi connectivity index (χ0) is 15.6. The maximum atomic E-state index is 12.4. The van der Waals surface area contributed by atoms with Gasteiger partial charge in [0.15, 0.2) is 0 Å². The van der Waals surface area contributed by atoms with E-state index in [9.17, 15) is 8.42 Å². The predicted molar refractivity (Wildman–Crippen MR) is 89.3 cm³/mol. The largest absolute Gasteiger partial charge is 0.389 e. The topological polar surface area (TPSA) is 72.2 Å².